The third kappa shape index (κ3) is 18.0. The van der Waals surface area contributed by atoms with Gasteiger partial charge in [0.1, 0.15) is 0 Å². The number of nitrogens with zero attached hydrogens (tertiary/aromatic N) is 1. The molecular formula is C22H45NO2. The Balaban J connectivity index is 3.84. The maximum absolute atomic E-state index is 11.8. The fraction of sp³-hybridized carbons (Fsp3) is 0.955. The molecule has 0 aromatic carbocycles. The second-order valence-corrected chi connectivity index (χ2v) is 7.32. The lowest BCUT2D eigenvalue weighted by molar-refractivity contribution is -0.144. The maximum Gasteiger partial charge on any atom is 0.320 e. The van der Waals surface area contributed by atoms with Crippen LogP contribution < -0.4 is 0 Å². The number of ether oxygens (including phenoxy) is 1. The summed E-state index contributed by atoms with van der Waals surface area (Å²) in [5.41, 5.74) is 0. The van der Waals surface area contributed by atoms with E-state index in [9.17, 15) is 4.79 Å². The van der Waals surface area contributed by atoms with Gasteiger partial charge in [-0.3, -0.25) is 9.69 Å². The quantitative estimate of drug-likeness (QED) is 0.200. The molecule has 0 unspecified atom stereocenters. The molecule has 0 N–H and O–H groups in total. The first-order valence-corrected chi connectivity index (χ1v) is 11.1. The van der Waals surface area contributed by atoms with Gasteiger partial charge in [0.25, 0.3) is 0 Å². The van der Waals surface area contributed by atoms with Gasteiger partial charge in [0.2, 0.25) is 0 Å². The van der Waals surface area contributed by atoms with Crippen molar-refractivity contribution in [2.45, 2.75) is 111 Å². The summed E-state index contributed by atoms with van der Waals surface area (Å²) in [4.78, 5) is 14.1. The fourth-order valence-electron chi connectivity index (χ4n) is 3.24. The van der Waals surface area contributed by atoms with Crippen LogP contribution in [0, 0.1) is 0 Å². The molecule has 0 atom stereocenters. The van der Waals surface area contributed by atoms with Crippen LogP contribution in [-0.2, 0) is 9.53 Å². The van der Waals surface area contributed by atoms with Gasteiger partial charge in [-0.25, -0.2) is 0 Å². The highest BCUT2D eigenvalue weighted by atomic mass is 16.5. The van der Waals surface area contributed by atoms with Crippen LogP contribution in [0.15, 0.2) is 0 Å². The summed E-state index contributed by atoms with van der Waals surface area (Å²) < 4.78 is 5.14. The van der Waals surface area contributed by atoms with E-state index in [1.54, 1.807) is 0 Å². The molecule has 0 bridgehead atoms. The van der Waals surface area contributed by atoms with Crippen LogP contribution in [0.4, 0.5) is 0 Å². The Bertz CT molecular complexity index is 263. The highest BCUT2D eigenvalue weighted by Crippen LogP contribution is 2.10. The van der Waals surface area contributed by atoms with E-state index in [4.69, 9.17) is 4.74 Å². The van der Waals surface area contributed by atoms with Gasteiger partial charge in [-0.05, 0) is 32.9 Å². The van der Waals surface area contributed by atoms with Crippen molar-refractivity contribution in [2.75, 3.05) is 26.2 Å². The molecule has 0 saturated heterocycles. The molecule has 0 rings (SSSR count). The highest BCUT2D eigenvalue weighted by molar-refractivity contribution is 5.71. The minimum absolute atomic E-state index is 0.0617. The number of hydrogen-bond donors (Lipinski definition) is 0. The second-order valence-electron chi connectivity index (χ2n) is 7.32. The van der Waals surface area contributed by atoms with E-state index >= 15 is 0 Å². The molecule has 3 heteroatoms. The van der Waals surface area contributed by atoms with Crippen molar-refractivity contribution < 1.29 is 9.53 Å². The second kappa shape index (κ2) is 19.8. The SMILES string of the molecule is CCCCCCCCCN(CCCCCCCCC)CC(=O)OCC. The average molecular weight is 356 g/mol. The summed E-state index contributed by atoms with van der Waals surface area (Å²) >= 11 is 0. The number of esters is 1. The van der Waals surface area contributed by atoms with E-state index < -0.39 is 0 Å². The van der Waals surface area contributed by atoms with Crippen LogP contribution in [0.25, 0.3) is 0 Å². The Morgan fingerprint density at radius 3 is 1.44 bits per heavy atom. The molecule has 0 radical (unpaired) electrons. The van der Waals surface area contributed by atoms with Gasteiger partial charge >= 0.3 is 5.97 Å². The fourth-order valence-corrected chi connectivity index (χ4v) is 3.24. The maximum atomic E-state index is 11.8. The molecule has 25 heavy (non-hydrogen) atoms. The Morgan fingerprint density at radius 2 is 1.04 bits per heavy atom. The van der Waals surface area contributed by atoms with Gasteiger partial charge in [0.15, 0.2) is 0 Å². The topological polar surface area (TPSA) is 29.5 Å². The first-order valence-electron chi connectivity index (χ1n) is 11.1. The van der Waals surface area contributed by atoms with Gasteiger partial charge in [-0.2, -0.15) is 0 Å². The zero-order valence-corrected chi connectivity index (χ0v) is 17.5. The van der Waals surface area contributed by atoms with Crippen LogP contribution in [0.1, 0.15) is 111 Å². The van der Waals surface area contributed by atoms with E-state index in [0.717, 1.165) is 13.1 Å². The summed E-state index contributed by atoms with van der Waals surface area (Å²) in [5.74, 6) is -0.0617. The van der Waals surface area contributed by atoms with Crippen LogP contribution >= 0.6 is 0 Å². The van der Waals surface area contributed by atoms with Crippen molar-refractivity contribution >= 4 is 5.97 Å². The Hall–Kier alpha value is -0.570. The predicted molar refractivity (Wildman–Crippen MR) is 109 cm³/mol. The number of carbonyl (C=O) groups excluding carboxylic acids is 1. The first-order chi connectivity index (χ1) is 12.2. The van der Waals surface area contributed by atoms with Crippen LogP contribution in [0.5, 0.6) is 0 Å². The third-order valence-electron chi connectivity index (χ3n) is 4.81. The van der Waals surface area contributed by atoms with Gasteiger partial charge < -0.3 is 4.74 Å². The third-order valence-corrected chi connectivity index (χ3v) is 4.81. The summed E-state index contributed by atoms with van der Waals surface area (Å²) in [6, 6.07) is 0. The Morgan fingerprint density at radius 1 is 0.640 bits per heavy atom. The minimum Gasteiger partial charge on any atom is -0.465 e. The summed E-state index contributed by atoms with van der Waals surface area (Å²) in [5, 5.41) is 0. The molecule has 150 valence electrons. The zero-order valence-electron chi connectivity index (χ0n) is 17.5. The number of carbonyl (C=O) groups is 1. The number of unbranched alkanes of at least 4 members (excludes halogenated alkanes) is 12. The van der Waals surface area contributed by atoms with Crippen LogP contribution in [0.3, 0.4) is 0 Å². The minimum atomic E-state index is -0.0617. The molecule has 0 amide bonds. The van der Waals surface area contributed by atoms with Crippen molar-refractivity contribution in [3.8, 4) is 0 Å². The van der Waals surface area contributed by atoms with Crippen molar-refractivity contribution in [3.05, 3.63) is 0 Å². The smallest absolute Gasteiger partial charge is 0.320 e. The Kier molecular flexibility index (Phi) is 19.3. The first kappa shape index (κ1) is 24.4. The van der Waals surface area contributed by atoms with E-state index in [-0.39, 0.29) is 5.97 Å². The van der Waals surface area contributed by atoms with Crippen molar-refractivity contribution in [1.29, 1.82) is 0 Å². The largest absolute Gasteiger partial charge is 0.465 e. The van der Waals surface area contributed by atoms with Gasteiger partial charge in [0, 0.05) is 0 Å². The molecule has 0 spiro atoms. The Labute approximate surface area is 157 Å². The van der Waals surface area contributed by atoms with Crippen LogP contribution in [0.2, 0.25) is 0 Å². The molecule has 0 aliphatic rings. The van der Waals surface area contributed by atoms with E-state index in [2.05, 4.69) is 18.7 Å². The summed E-state index contributed by atoms with van der Waals surface area (Å²) in [6.45, 7) is 9.45. The molecule has 3 nitrogen and oxygen atoms in total. The lowest BCUT2D eigenvalue weighted by Crippen LogP contribution is -2.32. The van der Waals surface area contributed by atoms with Crippen LogP contribution in [-0.4, -0.2) is 37.1 Å². The van der Waals surface area contributed by atoms with Crippen molar-refractivity contribution in [2.24, 2.45) is 0 Å². The lowest BCUT2D eigenvalue weighted by Gasteiger charge is -2.21. The van der Waals surface area contributed by atoms with Crippen molar-refractivity contribution in [1.82, 2.24) is 4.90 Å². The van der Waals surface area contributed by atoms with Gasteiger partial charge in [-0.1, -0.05) is 90.9 Å². The molecule has 0 saturated carbocycles. The lowest BCUT2D eigenvalue weighted by atomic mass is 10.1. The average Bonchev–Trinajstić information content (AvgIpc) is 2.60. The molecule has 0 aliphatic heterocycles. The zero-order chi connectivity index (χ0) is 18.6. The standard InChI is InChI=1S/C22H45NO2/c1-4-7-9-11-13-15-17-19-23(21-22(24)25-6-3)20-18-16-14-12-10-8-5-2/h4-21H2,1-3H3. The normalized spacial score (nSPS) is 11.2. The van der Waals surface area contributed by atoms with E-state index in [0.29, 0.717) is 13.2 Å². The molecule has 0 heterocycles. The predicted octanol–water partition coefficient (Wildman–Crippen LogP) is 6.35. The molecule has 0 aromatic heterocycles. The molecule has 0 aromatic rings. The summed E-state index contributed by atoms with van der Waals surface area (Å²) in [6.07, 6.45) is 18.5. The van der Waals surface area contributed by atoms with E-state index in [1.807, 2.05) is 6.92 Å². The number of rotatable bonds is 19. The molecule has 0 fully saturated rings. The van der Waals surface area contributed by atoms with Crippen molar-refractivity contribution in [3.63, 3.8) is 0 Å². The highest BCUT2D eigenvalue weighted by Gasteiger charge is 2.11. The van der Waals surface area contributed by atoms with Gasteiger partial charge in [0.05, 0.1) is 13.2 Å². The van der Waals surface area contributed by atoms with Gasteiger partial charge in [-0.15, -0.1) is 0 Å². The molecular weight excluding hydrogens is 310 g/mol. The number of hydrogen-bond acceptors (Lipinski definition) is 3. The summed E-state index contributed by atoms with van der Waals surface area (Å²) in [7, 11) is 0. The molecule has 0 aliphatic carbocycles. The monoisotopic (exact) mass is 355 g/mol. The van der Waals surface area contributed by atoms with E-state index in [1.165, 1.54) is 89.9 Å².